The molecule has 1 aliphatic heterocycles. The monoisotopic (exact) mass is 303 g/mol. The maximum Gasteiger partial charge on any atom is 0.248 e. The summed E-state index contributed by atoms with van der Waals surface area (Å²) < 4.78 is 4.86. The average molecular weight is 303 g/mol. The Bertz CT molecular complexity index is 556. The second-order valence-corrected chi connectivity index (χ2v) is 5.43. The van der Waals surface area contributed by atoms with E-state index >= 15 is 0 Å². The van der Waals surface area contributed by atoms with Gasteiger partial charge in [-0.2, -0.15) is 5.26 Å². The van der Waals surface area contributed by atoms with E-state index in [4.69, 9.17) is 10.00 Å². The first-order valence-electron chi connectivity index (χ1n) is 7.29. The minimum Gasteiger partial charge on any atom is -0.390 e. The van der Waals surface area contributed by atoms with Crippen molar-refractivity contribution in [2.75, 3.05) is 39.9 Å². The standard InChI is InChI=1S/C16H21N3O3/c1-22-12-16(21)19-7-6-18(10-15(20)11-19)9-14-5-3-2-4-13(14)8-17/h2-5,15,20H,6-7,9-12H2,1H3. The summed E-state index contributed by atoms with van der Waals surface area (Å²) in [7, 11) is 1.48. The zero-order chi connectivity index (χ0) is 15.9. The second-order valence-electron chi connectivity index (χ2n) is 5.43. The molecule has 6 nitrogen and oxygen atoms in total. The van der Waals surface area contributed by atoms with Gasteiger partial charge in [0, 0.05) is 39.8 Å². The molecule has 1 atom stereocenters. The van der Waals surface area contributed by atoms with Crippen molar-refractivity contribution >= 4 is 5.91 Å². The lowest BCUT2D eigenvalue weighted by atomic mass is 10.1. The fraction of sp³-hybridized carbons (Fsp3) is 0.500. The Balaban J connectivity index is 2.02. The van der Waals surface area contributed by atoms with Gasteiger partial charge >= 0.3 is 0 Å². The first-order valence-corrected chi connectivity index (χ1v) is 7.29. The number of carbonyl (C=O) groups excluding carboxylic acids is 1. The van der Waals surface area contributed by atoms with Crippen molar-refractivity contribution in [2.45, 2.75) is 12.6 Å². The number of methoxy groups -OCH3 is 1. The van der Waals surface area contributed by atoms with Crippen LogP contribution >= 0.6 is 0 Å². The summed E-state index contributed by atoms with van der Waals surface area (Å²) >= 11 is 0. The van der Waals surface area contributed by atoms with Crippen LogP contribution in [0, 0.1) is 11.3 Å². The second kappa shape index (κ2) is 7.90. The highest BCUT2D eigenvalue weighted by Crippen LogP contribution is 2.13. The zero-order valence-electron chi connectivity index (χ0n) is 12.7. The van der Waals surface area contributed by atoms with E-state index in [-0.39, 0.29) is 12.5 Å². The summed E-state index contributed by atoms with van der Waals surface area (Å²) in [6.07, 6.45) is -0.599. The van der Waals surface area contributed by atoms with Gasteiger partial charge in [-0.25, -0.2) is 0 Å². The van der Waals surface area contributed by atoms with Crippen LogP contribution in [0.4, 0.5) is 0 Å². The maximum absolute atomic E-state index is 11.9. The Morgan fingerprint density at radius 2 is 2.18 bits per heavy atom. The first-order chi connectivity index (χ1) is 10.6. The van der Waals surface area contributed by atoms with Gasteiger partial charge in [-0.1, -0.05) is 18.2 Å². The summed E-state index contributed by atoms with van der Waals surface area (Å²) in [6, 6.07) is 9.63. The van der Waals surface area contributed by atoms with Crippen LogP contribution in [0.15, 0.2) is 24.3 Å². The molecule has 1 aliphatic rings. The molecule has 6 heteroatoms. The molecule has 1 fully saturated rings. The predicted molar refractivity (Wildman–Crippen MR) is 80.9 cm³/mol. The third kappa shape index (κ3) is 4.28. The van der Waals surface area contributed by atoms with Gasteiger partial charge in [0.1, 0.15) is 6.61 Å². The summed E-state index contributed by atoms with van der Waals surface area (Å²) in [5, 5.41) is 19.3. The van der Waals surface area contributed by atoms with E-state index in [0.717, 1.165) is 5.56 Å². The fourth-order valence-electron chi connectivity index (χ4n) is 2.65. The lowest BCUT2D eigenvalue weighted by Crippen LogP contribution is -2.39. The van der Waals surface area contributed by atoms with Gasteiger partial charge in [-0.15, -0.1) is 0 Å². The predicted octanol–water partition coefficient (Wildman–Crippen LogP) is 0.210. The van der Waals surface area contributed by atoms with Crippen molar-refractivity contribution in [3.8, 4) is 6.07 Å². The van der Waals surface area contributed by atoms with Crippen LogP contribution in [0.2, 0.25) is 0 Å². The quantitative estimate of drug-likeness (QED) is 0.860. The Hall–Kier alpha value is -1.94. The van der Waals surface area contributed by atoms with Crippen molar-refractivity contribution in [1.29, 1.82) is 5.26 Å². The van der Waals surface area contributed by atoms with Crippen LogP contribution in [-0.4, -0.2) is 66.8 Å². The Labute approximate surface area is 130 Å². The molecule has 1 amide bonds. The highest BCUT2D eigenvalue weighted by molar-refractivity contribution is 5.77. The largest absolute Gasteiger partial charge is 0.390 e. The van der Waals surface area contributed by atoms with Gasteiger partial charge in [0.05, 0.1) is 17.7 Å². The van der Waals surface area contributed by atoms with Crippen LogP contribution in [0.25, 0.3) is 0 Å². The Kier molecular flexibility index (Phi) is 5.90. The van der Waals surface area contributed by atoms with Gasteiger partial charge in [0.25, 0.3) is 0 Å². The lowest BCUT2D eigenvalue weighted by molar-refractivity contribution is -0.136. The topological polar surface area (TPSA) is 76.8 Å². The normalized spacial score (nSPS) is 19.5. The number of nitriles is 1. The number of aliphatic hydroxyl groups is 1. The molecule has 1 saturated heterocycles. The summed E-state index contributed by atoms with van der Waals surface area (Å²) in [5.74, 6) is -0.110. The maximum atomic E-state index is 11.9. The van der Waals surface area contributed by atoms with Gasteiger partial charge < -0.3 is 14.7 Å². The molecule has 0 bridgehead atoms. The van der Waals surface area contributed by atoms with E-state index in [1.165, 1.54) is 7.11 Å². The molecular formula is C16H21N3O3. The summed E-state index contributed by atoms with van der Waals surface area (Å²) in [6.45, 7) is 2.63. The molecule has 0 aliphatic carbocycles. The van der Waals surface area contributed by atoms with E-state index in [2.05, 4.69) is 11.0 Å². The number of nitrogens with zero attached hydrogens (tertiary/aromatic N) is 3. The molecule has 1 unspecified atom stereocenters. The highest BCUT2D eigenvalue weighted by atomic mass is 16.5. The van der Waals surface area contributed by atoms with E-state index in [1.54, 1.807) is 11.0 Å². The SMILES string of the molecule is COCC(=O)N1CCN(Cc2ccccc2C#N)CC(O)C1. The van der Waals surface area contributed by atoms with Crippen LogP contribution < -0.4 is 0 Å². The molecule has 0 aromatic heterocycles. The molecule has 0 radical (unpaired) electrons. The van der Waals surface area contributed by atoms with E-state index < -0.39 is 6.10 Å². The molecular weight excluding hydrogens is 282 g/mol. The number of hydrogen-bond acceptors (Lipinski definition) is 5. The Morgan fingerprint density at radius 1 is 1.41 bits per heavy atom. The van der Waals surface area contributed by atoms with E-state index in [9.17, 15) is 9.90 Å². The van der Waals surface area contributed by atoms with Crippen molar-refractivity contribution in [2.24, 2.45) is 0 Å². The lowest BCUT2D eigenvalue weighted by Gasteiger charge is -2.21. The molecule has 1 heterocycles. The number of ether oxygens (including phenoxy) is 1. The molecule has 118 valence electrons. The number of aliphatic hydroxyl groups excluding tert-OH is 1. The van der Waals surface area contributed by atoms with Crippen LogP contribution in [0.5, 0.6) is 0 Å². The molecule has 22 heavy (non-hydrogen) atoms. The van der Waals surface area contributed by atoms with Gasteiger partial charge in [-0.3, -0.25) is 9.69 Å². The zero-order valence-corrected chi connectivity index (χ0v) is 12.7. The smallest absolute Gasteiger partial charge is 0.248 e. The summed E-state index contributed by atoms with van der Waals surface area (Å²) in [5.41, 5.74) is 1.59. The van der Waals surface area contributed by atoms with Crippen LogP contribution in [0.1, 0.15) is 11.1 Å². The van der Waals surface area contributed by atoms with Gasteiger partial charge in [0.15, 0.2) is 0 Å². The number of hydrogen-bond donors (Lipinski definition) is 1. The first kappa shape index (κ1) is 16.4. The number of amides is 1. The molecule has 1 aromatic carbocycles. The molecule has 1 N–H and O–H groups in total. The fourth-order valence-corrected chi connectivity index (χ4v) is 2.65. The van der Waals surface area contributed by atoms with Gasteiger partial charge in [-0.05, 0) is 11.6 Å². The average Bonchev–Trinajstić information content (AvgIpc) is 2.69. The minimum atomic E-state index is -0.599. The Morgan fingerprint density at radius 3 is 2.91 bits per heavy atom. The van der Waals surface area contributed by atoms with Gasteiger partial charge in [0.2, 0.25) is 5.91 Å². The number of rotatable bonds is 4. The van der Waals surface area contributed by atoms with Crippen molar-refractivity contribution in [3.63, 3.8) is 0 Å². The van der Waals surface area contributed by atoms with Crippen LogP contribution in [0.3, 0.4) is 0 Å². The third-order valence-corrected chi connectivity index (χ3v) is 3.74. The van der Waals surface area contributed by atoms with Crippen molar-refractivity contribution in [1.82, 2.24) is 9.80 Å². The van der Waals surface area contributed by atoms with E-state index in [0.29, 0.717) is 38.3 Å². The van der Waals surface area contributed by atoms with Crippen molar-refractivity contribution < 1.29 is 14.6 Å². The number of β-amino-alcohol motifs (C(OH)–C–C–N with tert-alkyl or cyclic N) is 1. The number of carbonyl (C=O) groups is 1. The molecule has 0 spiro atoms. The third-order valence-electron chi connectivity index (χ3n) is 3.74. The van der Waals surface area contributed by atoms with Crippen LogP contribution in [-0.2, 0) is 16.1 Å². The highest BCUT2D eigenvalue weighted by Gasteiger charge is 2.24. The van der Waals surface area contributed by atoms with Crippen molar-refractivity contribution in [3.05, 3.63) is 35.4 Å². The van der Waals surface area contributed by atoms with E-state index in [1.807, 2.05) is 18.2 Å². The minimum absolute atomic E-state index is 0.0317. The molecule has 0 saturated carbocycles. The molecule has 2 rings (SSSR count). The molecule has 1 aromatic rings. The number of benzene rings is 1. The summed E-state index contributed by atoms with van der Waals surface area (Å²) in [4.78, 5) is 15.6.